The van der Waals surface area contributed by atoms with Crippen LogP contribution in [0.4, 0.5) is 8.78 Å². The Labute approximate surface area is 308 Å². The monoisotopic (exact) mass is 758 g/mol. The Morgan fingerprint density at radius 1 is 0.627 bits per heavy atom. The normalized spacial score (nSPS) is 10.9. The van der Waals surface area contributed by atoms with Crippen molar-refractivity contribution in [2.75, 3.05) is 41.5 Å². The number of methoxy groups -OCH3 is 3. The number of ether oxygens (including phenoxy) is 6. The van der Waals surface area contributed by atoms with Crippen molar-refractivity contribution >= 4 is 43.5 Å². The molecule has 0 fully saturated rings. The lowest BCUT2D eigenvalue weighted by Gasteiger charge is -2.18. The summed E-state index contributed by atoms with van der Waals surface area (Å²) in [7, 11) is 2.85. The van der Waals surface area contributed by atoms with Crippen LogP contribution in [0.25, 0.3) is 0 Å². The largest absolute Gasteiger partial charge is 0.467 e. The molecule has 0 aromatic heterocycles. The van der Waals surface area contributed by atoms with Gasteiger partial charge in [0.05, 0.1) is 13.7 Å². The summed E-state index contributed by atoms with van der Waals surface area (Å²) in [4.78, 5) is 26.8. The van der Waals surface area contributed by atoms with Crippen molar-refractivity contribution < 1.29 is 46.8 Å². The summed E-state index contributed by atoms with van der Waals surface area (Å²) in [6.07, 6.45) is 0. The van der Waals surface area contributed by atoms with Crippen LogP contribution in [0.2, 0.25) is 25.7 Å². The fourth-order valence-electron chi connectivity index (χ4n) is 4.39. The lowest BCUT2D eigenvalue weighted by Crippen LogP contribution is -2.23. The van der Waals surface area contributed by atoms with E-state index in [-0.39, 0.29) is 53.1 Å². The lowest BCUT2D eigenvalue weighted by molar-refractivity contribution is 0.0433. The van der Waals surface area contributed by atoms with Gasteiger partial charge >= 0.3 is 11.9 Å². The SMILES string of the molecule is COCOc1ccc(F)c(CSc2ccccc2)c1C(=O)OC.COCOc1ccc(F)c(CSc2ccccc2)c1C(=O)OCC[Si](C)(C)C. The third-order valence-electron chi connectivity index (χ3n) is 7.03. The van der Waals surface area contributed by atoms with Crippen LogP contribution in [0.3, 0.4) is 0 Å². The Bertz CT molecular complexity index is 1690. The number of hydrogen-bond acceptors (Lipinski definition) is 10. The first-order valence-corrected chi connectivity index (χ1v) is 21.6. The Kier molecular flexibility index (Phi) is 17.5. The van der Waals surface area contributed by atoms with Gasteiger partial charge in [-0.15, -0.1) is 23.5 Å². The second-order valence-electron chi connectivity index (χ2n) is 12.0. The van der Waals surface area contributed by atoms with Gasteiger partial charge in [-0.25, -0.2) is 18.4 Å². The summed E-state index contributed by atoms with van der Waals surface area (Å²) in [5, 5.41) is 0. The maximum atomic E-state index is 14.6. The molecule has 13 heteroatoms. The Morgan fingerprint density at radius 3 is 1.45 bits per heavy atom. The standard InChI is InChI=1S/C21H27FO4SSi.C17H17FO4S/c1-24-15-26-19-11-10-18(22)17(14-27-16-8-6-5-7-9-16)20(19)21(23)25-12-13-28(2,3)4;1-20-11-22-15-9-8-14(18)13(16(15)17(19)21-2)10-23-12-6-4-3-5-7-12/h5-11H,12-15H2,1-4H3;3-9H,10-11H2,1-2H3. The van der Waals surface area contributed by atoms with Crippen molar-refractivity contribution in [2.45, 2.75) is 47.0 Å². The highest BCUT2D eigenvalue weighted by Gasteiger charge is 2.25. The minimum atomic E-state index is -1.35. The average molecular weight is 759 g/mol. The molecular weight excluding hydrogens is 715 g/mol. The van der Waals surface area contributed by atoms with Gasteiger partial charge in [0.2, 0.25) is 0 Å². The summed E-state index contributed by atoms with van der Waals surface area (Å²) < 4.78 is 59.8. The van der Waals surface area contributed by atoms with Gasteiger partial charge in [-0.2, -0.15) is 0 Å². The first-order valence-electron chi connectivity index (χ1n) is 16.0. The Morgan fingerprint density at radius 2 is 1.06 bits per heavy atom. The first-order chi connectivity index (χ1) is 24.5. The number of rotatable bonds is 17. The molecule has 274 valence electrons. The van der Waals surface area contributed by atoms with E-state index in [1.165, 1.54) is 69.1 Å². The molecule has 4 rings (SSSR count). The van der Waals surface area contributed by atoms with Gasteiger partial charge in [0.15, 0.2) is 13.6 Å². The maximum absolute atomic E-state index is 14.6. The van der Waals surface area contributed by atoms with E-state index in [4.69, 9.17) is 28.4 Å². The number of benzene rings is 4. The lowest BCUT2D eigenvalue weighted by atomic mass is 10.1. The molecular formula is C38H44F2O8S2Si. The minimum Gasteiger partial charge on any atom is -0.467 e. The molecule has 0 bridgehead atoms. The third kappa shape index (κ3) is 13.6. The van der Waals surface area contributed by atoms with Crippen molar-refractivity contribution in [3.8, 4) is 11.5 Å². The Hall–Kier alpha value is -3.88. The number of halogens is 2. The minimum absolute atomic E-state index is 0.0356. The Balaban J connectivity index is 0.000000281. The van der Waals surface area contributed by atoms with Crippen molar-refractivity contribution in [3.63, 3.8) is 0 Å². The van der Waals surface area contributed by atoms with Crippen molar-refractivity contribution in [2.24, 2.45) is 0 Å². The molecule has 0 atom stereocenters. The fraction of sp³-hybridized carbons (Fsp3) is 0.316. The quantitative estimate of drug-likeness (QED) is 0.0449. The van der Waals surface area contributed by atoms with Gasteiger partial charge in [0.1, 0.15) is 34.3 Å². The number of esters is 2. The molecule has 0 unspecified atom stereocenters. The van der Waals surface area contributed by atoms with Crippen molar-refractivity contribution in [3.05, 3.63) is 119 Å². The number of hydrogen-bond donors (Lipinski definition) is 0. The van der Waals surface area contributed by atoms with Crippen LogP contribution in [0.1, 0.15) is 31.8 Å². The molecule has 0 aliphatic rings. The van der Waals surface area contributed by atoms with Crippen LogP contribution in [0.5, 0.6) is 11.5 Å². The second-order valence-corrected chi connectivity index (χ2v) is 19.8. The third-order valence-corrected chi connectivity index (χ3v) is 10.8. The molecule has 0 heterocycles. The van der Waals surface area contributed by atoms with Crippen molar-refractivity contribution in [1.82, 2.24) is 0 Å². The van der Waals surface area contributed by atoms with E-state index in [9.17, 15) is 18.4 Å². The molecule has 0 aliphatic heterocycles. The van der Waals surface area contributed by atoms with Gasteiger partial charge in [-0.1, -0.05) is 56.0 Å². The van der Waals surface area contributed by atoms with Gasteiger partial charge in [-0.3, -0.25) is 0 Å². The molecule has 0 spiro atoms. The van der Waals surface area contributed by atoms with E-state index in [0.29, 0.717) is 12.4 Å². The highest BCUT2D eigenvalue weighted by atomic mass is 32.2. The van der Waals surface area contributed by atoms with Crippen molar-refractivity contribution in [1.29, 1.82) is 0 Å². The summed E-state index contributed by atoms with van der Waals surface area (Å²) in [5.41, 5.74) is 0.754. The molecule has 0 radical (unpaired) electrons. The maximum Gasteiger partial charge on any atom is 0.342 e. The summed E-state index contributed by atoms with van der Waals surface area (Å²) in [5.74, 6) is -1.05. The topological polar surface area (TPSA) is 89.5 Å². The molecule has 51 heavy (non-hydrogen) atoms. The molecule has 8 nitrogen and oxygen atoms in total. The molecule has 0 N–H and O–H groups in total. The highest BCUT2D eigenvalue weighted by Crippen LogP contribution is 2.33. The van der Waals surface area contributed by atoms with Crippen LogP contribution >= 0.6 is 23.5 Å². The fourth-order valence-corrected chi connectivity index (χ4v) is 6.99. The zero-order chi connectivity index (χ0) is 37.2. The second kappa shape index (κ2) is 21.5. The van der Waals surface area contributed by atoms with Crippen LogP contribution in [-0.4, -0.2) is 61.5 Å². The molecule has 4 aromatic carbocycles. The number of thioether (sulfide) groups is 2. The molecule has 0 saturated carbocycles. The summed E-state index contributed by atoms with van der Waals surface area (Å²) in [6, 6.07) is 25.5. The van der Waals surface area contributed by atoms with Gasteiger partial charge in [0.25, 0.3) is 0 Å². The summed E-state index contributed by atoms with van der Waals surface area (Å²) >= 11 is 2.88. The predicted octanol–water partition coefficient (Wildman–Crippen LogP) is 9.48. The van der Waals surface area contributed by atoms with E-state index in [1.807, 2.05) is 60.7 Å². The van der Waals surface area contributed by atoms with Crippen LogP contribution in [0, 0.1) is 11.6 Å². The molecule has 4 aromatic rings. The van der Waals surface area contributed by atoms with Crippen LogP contribution < -0.4 is 9.47 Å². The van der Waals surface area contributed by atoms with Crippen LogP contribution in [0.15, 0.2) is 94.7 Å². The predicted molar refractivity (Wildman–Crippen MR) is 200 cm³/mol. The van der Waals surface area contributed by atoms with Gasteiger partial charge < -0.3 is 28.4 Å². The zero-order valence-electron chi connectivity index (χ0n) is 29.7. The number of carbonyl (C=O) groups excluding carboxylic acids is 2. The van der Waals surface area contributed by atoms with Crippen LogP contribution in [-0.2, 0) is 30.5 Å². The average Bonchev–Trinajstić information content (AvgIpc) is 3.12. The molecule has 0 amide bonds. The van der Waals surface area contributed by atoms with E-state index in [0.717, 1.165) is 15.8 Å². The number of carbonyl (C=O) groups is 2. The van der Waals surface area contributed by atoms with E-state index in [1.54, 1.807) is 0 Å². The molecule has 0 saturated heterocycles. The first kappa shape index (κ1) is 41.5. The zero-order valence-corrected chi connectivity index (χ0v) is 32.3. The van der Waals surface area contributed by atoms with E-state index in [2.05, 4.69) is 19.6 Å². The summed E-state index contributed by atoms with van der Waals surface area (Å²) in [6.45, 7) is 6.86. The van der Waals surface area contributed by atoms with E-state index < -0.39 is 31.6 Å². The highest BCUT2D eigenvalue weighted by molar-refractivity contribution is 7.98. The van der Waals surface area contributed by atoms with E-state index >= 15 is 0 Å². The van der Waals surface area contributed by atoms with Gasteiger partial charge in [-0.05, 0) is 54.6 Å². The van der Waals surface area contributed by atoms with Gasteiger partial charge in [0, 0.05) is 54.7 Å². The smallest absolute Gasteiger partial charge is 0.342 e. The molecule has 0 aliphatic carbocycles.